The van der Waals surface area contributed by atoms with Gasteiger partial charge in [0, 0.05) is 6.04 Å². The molecule has 0 radical (unpaired) electrons. The van der Waals surface area contributed by atoms with Gasteiger partial charge in [-0.2, -0.15) is 0 Å². The van der Waals surface area contributed by atoms with Gasteiger partial charge in [-0.25, -0.2) is 15.0 Å². The Labute approximate surface area is 148 Å². The molecular formula is C16H17N5OS2. The lowest BCUT2D eigenvalue weighted by molar-refractivity contribution is 0.135. The van der Waals surface area contributed by atoms with Crippen LogP contribution in [0.5, 0.6) is 0 Å². The van der Waals surface area contributed by atoms with Gasteiger partial charge in [-0.1, -0.05) is 23.9 Å². The Bertz CT molecular complexity index is 924. The van der Waals surface area contributed by atoms with Crippen LogP contribution in [0.3, 0.4) is 0 Å². The highest BCUT2D eigenvalue weighted by Crippen LogP contribution is 2.44. The van der Waals surface area contributed by atoms with Gasteiger partial charge in [0.15, 0.2) is 16.5 Å². The van der Waals surface area contributed by atoms with Crippen molar-refractivity contribution in [2.24, 2.45) is 0 Å². The summed E-state index contributed by atoms with van der Waals surface area (Å²) in [5.74, 6) is 0.683. The second-order valence-corrected chi connectivity index (χ2v) is 7.53. The van der Waals surface area contributed by atoms with Gasteiger partial charge in [0.05, 0.1) is 16.6 Å². The molecule has 8 heteroatoms. The molecule has 0 bridgehead atoms. The molecule has 6 nitrogen and oxygen atoms in total. The van der Waals surface area contributed by atoms with E-state index in [1.807, 2.05) is 48.9 Å². The number of hydrogen-bond acceptors (Lipinski definition) is 7. The molecule has 0 amide bonds. The summed E-state index contributed by atoms with van der Waals surface area (Å²) in [5.41, 5.74) is 2.48. The smallest absolute Gasteiger partial charge is 0.190 e. The zero-order valence-electron chi connectivity index (χ0n) is 13.5. The van der Waals surface area contributed by atoms with E-state index in [1.165, 1.54) is 23.5 Å². The fourth-order valence-electron chi connectivity index (χ4n) is 2.76. The van der Waals surface area contributed by atoms with Crippen LogP contribution in [0.25, 0.3) is 11.0 Å². The molecular weight excluding hydrogens is 342 g/mol. The minimum atomic E-state index is -0.860. The quantitative estimate of drug-likeness (QED) is 0.422. The summed E-state index contributed by atoms with van der Waals surface area (Å²) in [7, 11) is 0. The second kappa shape index (κ2) is 5.94. The second-order valence-electron chi connectivity index (χ2n) is 5.81. The van der Waals surface area contributed by atoms with Gasteiger partial charge in [0.25, 0.3) is 0 Å². The Morgan fingerprint density at radius 3 is 2.79 bits per heavy atom. The van der Waals surface area contributed by atoms with Crippen molar-refractivity contribution in [3.63, 3.8) is 0 Å². The Hall–Kier alpha value is -1.77. The fraction of sp³-hybridized carbons (Fsp3) is 0.312. The van der Waals surface area contributed by atoms with Gasteiger partial charge < -0.3 is 10.4 Å². The zero-order valence-corrected chi connectivity index (χ0v) is 15.1. The molecule has 4 rings (SSSR count). The molecule has 0 saturated carbocycles. The van der Waals surface area contributed by atoms with E-state index in [4.69, 9.17) is 0 Å². The molecule has 3 aromatic rings. The number of benzene rings is 1. The number of nitrogens with zero attached hydrogens (tertiary/aromatic N) is 4. The topological polar surface area (TPSA) is 75.9 Å². The molecule has 0 saturated heterocycles. The minimum absolute atomic E-state index is 0.205. The van der Waals surface area contributed by atoms with E-state index in [1.54, 1.807) is 0 Å². The first kappa shape index (κ1) is 15.7. The number of aliphatic hydroxyl groups is 1. The predicted octanol–water partition coefficient (Wildman–Crippen LogP) is 3.37. The first-order valence-electron chi connectivity index (χ1n) is 7.64. The molecule has 0 fully saturated rings. The number of thioether (sulfide) groups is 1. The van der Waals surface area contributed by atoms with Crippen LogP contribution in [0.1, 0.15) is 25.6 Å². The number of aromatic nitrogens is 4. The Balaban J connectivity index is 1.92. The molecule has 1 aliphatic rings. The van der Waals surface area contributed by atoms with Gasteiger partial charge in [0.1, 0.15) is 10.8 Å². The van der Waals surface area contributed by atoms with Crippen LogP contribution in [0.15, 0.2) is 39.6 Å². The molecule has 3 heterocycles. The number of anilines is 1. The van der Waals surface area contributed by atoms with E-state index >= 15 is 0 Å². The summed E-state index contributed by atoms with van der Waals surface area (Å²) in [6.45, 7) is 4.10. The number of rotatable bonds is 3. The van der Waals surface area contributed by atoms with E-state index in [2.05, 4.69) is 20.3 Å². The lowest BCUT2D eigenvalue weighted by Crippen LogP contribution is -2.22. The summed E-state index contributed by atoms with van der Waals surface area (Å²) in [6, 6.07) is 8.02. The Morgan fingerprint density at radius 1 is 1.25 bits per heavy atom. The molecule has 0 spiro atoms. The maximum Gasteiger partial charge on any atom is 0.190 e. The van der Waals surface area contributed by atoms with Gasteiger partial charge in [-0.15, -0.1) is 0 Å². The van der Waals surface area contributed by atoms with Crippen molar-refractivity contribution in [2.45, 2.75) is 41.5 Å². The van der Waals surface area contributed by atoms with E-state index < -0.39 is 6.23 Å². The normalized spacial score (nSPS) is 16.3. The van der Waals surface area contributed by atoms with Gasteiger partial charge in [-0.05, 0) is 44.0 Å². The average molecular weight is 359 g/mol. The Morgan fingerprint density at radius 2 is 2.04 bits per heavy atom. The zero-order chi connectivity index (χ0) is 16.8. The van der Waals surface area contributed by atoms with Crippen molar-refractivity contribution < 1.29 is 5.11 Å². The number of aliphatic hydroxyl groups excluding tert-OH is 1. The highest BCUT2D eigenvalue weighted by Gasteiger charge is 2.32. The highest BCUT2D eigenvalue weighted by molar-refractivity contribution is 7.99. The number of nitrogens with one attached hydrogen (secondary N) is 1. The third-order valence-electron chi connectivity index (χ3n) is 3.75. The maximum absolute atomic E-state index is 11.0. The van der Waals surface area contributed by atoms with Crippen LogP contribution in [-0.2, 0) is 0 Å². The first-order valence-corrected chi connectivity index (χ1v) is 9.68. The molecule has 0 aliphatic carbocycles. The molecule has 1 atom stereocenters. The SMILES string of the molecule is CSc1nc(NC(C)C)c2c(n1)Sc1nc3ccccc3n1C2O. The number of imidazole rings is 1. The lowest BCUT2D eigenvalue weighted by atomic mass is 10.2. The number of para-hydroxylation sites is 2. The number of hydrogen-bond donors (Lipinski definition) is 2. The van der Waals surface area contributed by atoms with Crippen LogP contribution < -0.4 is 5.32 Å². The molecule has 2 aromatic heterocycles. The average Bonchev–Trinajstić information content (AvgIpc) is 2.92. The van der Waals surface area contributed by atoms with Crippen LogP contribution in [0, 0.1) is 0 Å². The van der Waals surface area contributed by atoms with E-state index in [0.717, 1.165) is 21.2 Å². The van der Waals surface area contributed by atoms with Crippen molar-refractivity contribution in [3.8, 4) is 0 Å². The van der Waals surface area contributed by atoms with Crippen LogP contribution in [-0.4, -0.2) is 36.9 Å². The van der Waals surface area contributed by atoms with E-state index in [0.29, 0.717) is 16.5 Å². The van der Waals surface area contributed by atoms with Crippen LogP contribution >= 0.6 is 23.5 Å². The fourth-order valence-corrected chi connectivity index (χ4v) is 4.24. The first-order chi connectivity index (χ1) is 11.6. The van der Waals surface area contributed by atoms with Crippen molar-refractivity contribution in [2.75, 3.05) is 11.6 Å². The summed E-state index contributed by atoms with van der Waals surface area (Å²) in [4.78, 5) is 13.8. The standard InChI is InChI=1S/C16H17N5OS2/c1-8(2)17-12-11-13(20-15(19-12)23-3)24-16-18-9-6-4-5-7-10(9)21(16)14(11)22/h4-8,14,22H,1-3H3,(H,17,19,20). The lowest BCUT2D eigenvalue weighted by Gasteiger charge is -2.26. The van der Waals surface area contributed by atoms with E-state index in [9.17, 15) is 5.11 Å². The summed E-state index contributed by atoms with van der Waals surface area (Å²) in [6.07, 6.45) is 1.08. The monoisotopic (exact) mass is 359 g/mol. The third-order valence-corrected chi connectivity index (χ3v) is 5.28. The third kappa shape index (κ3) is 2.45. The molecule has 1 unspecified atom stereocenters. The largest absolute Gasteiger partial charge is 0.369 e. The molecule has 1 aromatic carbocycles. The van der Waals surface area contributed by atoms with Crippen LogP contribution in [0.4, 0.5) is 5.82 Å². The molecule has 124 valence electrons. The minimum Gasteiger partial charge on any atom is -0.369 e. The summed E-state index contributed by atoms with van der Waals surface area (Å²) < 4.78 is 1.84. The highest BCUT2D eigenvalue weighted by atomic mass is 32.2. The summed E-state index contributed by atoms with van der Waals surface area (Å²) >= 11 is 2.96. The molecule has 1 aliphatic heterocycles. The molecule has 2 N–H and O–H groups in total. The van der Waals surface area contributed by atoms with Gasteiger partial charge in [-0.3, -0.25) is 4.57 Å². The van der Waals surface area contributed by atoms with Crippen LogP contribution in [0.2, 0.25) is 0 Å². The predicted molar refractivity (Wildman–Crippen MR) is 96.8 cm³/mol. The van der Waals surface area contributed by atoms with Crippen molar-refractivity contribution in [3.05, 3.63) is 29.8 Å². The summed E-state index contributed by atoms with van der Waals surface area (Å²) in [5, 5.41) is 16.6. The van der Waals surface area contributed by atoms with Gasteiger partial charge in [0.2, 0.25) is 0 Å². The van der Waals surface area contributed by atoms with E-state index in [-0.39, 0.29) is 6.04 Å². The van der Waals surface area contributed by atoms with Crippen molar-refractivity contribution in [1.29, 1.82) is 0 Å². The number of fused-ring (bicyclic) bond motifs is 4. The van der Waals surface area contributed by atoms with Crippen molar-refractivity contribution >= 4 is 40.4 Å². The van der Waals surface area contributed by atoms with Gasteiger partial charge >= 0.3 is 0 Å². The maximum atomic E-state index is 11.0. The molecule has 24 heavy (non-hydrogen) atoms. The Kier molecular flexibility index (Phi) is 3.90. The van der Waals surface area contributed by atoms with Crippen molar-refractivity contribution in [1.82, 2.24) is 19.5 Å².